The molecule has 0 aromatic carbocycles. The molecular weight excluding hydrogens is 404 g/mol. The van der Waals surface area contributed by atoms with Gasteiger partial charge in [0.2, 0.25) is 5.91 Å². The average molecular weight is 433 g/mol. The molecule has 0 bridgehead atoms. The van der Waals surface area contributed by atoms with Crippen molar-refractivity contribution in [3.05, 3.63) is 46.5 Å². The van der Waals surface area contributed by atoms with Crippen molar-refractivity contribution in [2.75, 3.05) is 20.2 Å². The van der Waals surface area contributed by atoms with E-state index in [1.165, 1.54) is 7.11 Å². The minimum Gasteiger partial charge on any atom is -0.464 e. The van der Waals surface area contributed by atoms with Gasteiger partial charge in [0, 0.05) is 43.5 Å². The highest BCUT2D eigenvalue weighted by molar-refractivity contribution is 6.31. The van der Waals surface area contributed by atoms with Crippen LogP contribution in [0.2, 0.25) is 5.15 Å². The average Bonchev–Trinajstić information content (AvgIpc) is 3.31. The second-order valence-electron chi connectivity index (χ2n) is 8.05. The monoisotopic (exact) mass is 432 g/mol. The molecule has 1 aliphatic heterocycles. The highest BCUT2D eigenvalue weighted by Gasteiger charge is 2.25. The summed E-state index contributed by atoms with van der Waals surface area (Å²) in [7, 11) is 1.38. The number of hydrogen-bond donors (Lipinski definition) is 0. The van der Waals surface area contributed by atoms with E-state index in [1.54, 1.807) is 22.9 Å². The first-order valence-electron chi connectivity index (χ1n) is 10.3. The van der Waals surface area contributed by atoms with Crippen LogP contribution in [0.5, 0.6) is 0 Å². The lowest BCUT2D eigenvalue weighted by Gasteiger charge is -2.32. The molecule has 3 heterocycles. The topological polar surface area (TPSA) is 69.4 Å². The summed E-state index contributed by atoms with van der Waals surface area (Å²) in [6.07, 6.45) is 6.80. The van der Waals surface area contributed by atoms with Crippen LogP contribution in [0.25, 0.3) is 6.08 Å². The van der Waals surface area contributed by atoms with Gasteiger partial charge in [-0.1, -0.05) is 25.4 Å². The van der Waals surface area contributed by atoms with Crippen LogP contribution in [-0.4, -0.2) is 51.3 Å². The zero-order chi connectivity index (χ0) is 21.8. The van der Waals surface area contributed by atoms with Crippen molar-refractivity contribution in [1.29, 1.82) is 0 Å². The van der Waals surface area contributed by atoms with E-state index in [-0.39, 0.29) is 17.9 Å². The Morgan fingerprint density at radius 1 is 1.33 bits per heavy atom. The first-order valence-corrected chi connectivity index (χ1v) is 10.6. The van der Waals surface area contributed by atoms with E-state index in [9.17, 15) is 9.59 Å². The number of piperidine rings is 1. The molecule has 1 amide bonds. The molecule has 2 aromatic heterocycles. The molecule has 30 heavy (non-hydrogen) atoms. The van der Waals surface area contributed by atoms with Crippen LogP contribution in [0.3, 0.4) is 0 Å². The Hall–Kier alpha value is -2.54. The lowest BCUT2D eigenvalue weighted by molar-refractivity contribution is -0.127. The number of halogens is 1. The van der Waals surface area contributed by atoms with Gasteiger partial charge in [0.15, 0.2) is 0 Å². The Morgan fingerprint density at radius 2 is 2.03 bits per heavy atom. The summed E-state index contributed by atoms with van der Waals surface area (Å²) in [6, 6.07) is 3.78. The van der Waals surface area contributed by atoms with E-state index in [2.05, 4.69) is 18.9 Å². The van der Waals surface area contributed by atoms with E-state index in [0.717, 1.165) is 30.6 Å². The van der Waals surface area contributed by atoms with Crippen LogP contribution in [0.15, 0.2) is 24.4 Å². The Morgan fingerprint density at radius 3 is 2.67 bits per heavy atom. The number of hydrogen-bond acceptors (Lipinski definition) is 4. The van der Waals surface area contributed by atoms with Crippen molar-refractivity contribution in [2.45, 2.75) is 46.2 Å². The number of ether oxygens (including phenoxy) is 1. The fourth-order valence-corrected chi connectivity index (χ4v) is 4.14. The lowest BCUT2D eigenvalue weighted by Crippen LogP contribution is -2.38. The number of esters is 1. The molecule has 1 saturated heterocycles. The van der Waals surface area contributed by atoms with Gasteiger partial charge in [-0.3, -0.25) is 9.48 Å². The van der Waals surface area contributed by atoms with Crippen LogP contribution in [0.4, 0.5) is 0 Å². The van der Waals surface area contributed by atoms with Gasteiger partial charge in [0.05, 0.1) is 12.8 Å². The molecule has 8 heteroatoms. The van der Waals surface area contributed by atoms with Gasteiger partial charge in [0.1, 0.15) is 10.8 Å². The van der Waals surface area contributed by atoms with Crippen LogP contribution < -0.4 is 0 Å². The van der Waals surface area contributed by atoms with E-state index in [0.29, 0.717) is 29.9 Å². The number of aryl methyl sites for hydroxylation is 1. The zero-order valence-corrected chi connectivity index (χ0v) is 18.7. The fraction of sp³-hybridized carbons (Fsp3) is 0.500. The van der Waals surface area contributed by atoms with E-state index < -0.39 is 0 Å². The van der Waals surface area contributed by atoms with Crippen molar-refractivity contribution in [1.82, 2.24) is 19.2 Å². The number of aromatic nitrogens is 3. The second-order valence-corrected chi connectivity index (χ2v) is 8.41. The van der Waals surface area contributed by atoms with E-state index >= 15 is 0 Å². The summed E-state index contributed by atoms with van der Waals surface area (Å²) in [5.74, 6) is 0.0504. The van der Waals surface area contributed by atoms with Crippen LogP contribution in [-0.2, 0) is 16.1 Å². The molecule has 0 atom stereocenters. The summed E-state index contributed by atoms with van der Waals surface area (Å²) >= 11 is 6.46. The number of carbonyl (C=O) groups is 2. The van der Waals surface area contributed by atoms with Crippen LogP contribution in [0.1, 0.15) is 54.5 Å². The molecule has 0 spiro atoms. The molecular formula is C22H29ClN4O3. The van der Waals surface area contributed by atoms with Gasteiger partial charge >= 0.3 is 5.97 Å². The summed E-state index contributed by atoms with van der Waals surface area (Å²) in [5, 5.41) is 5.04. The third-order valence-corrected chi connectivity index (χ3v) is 5.78. The minimum absolute atomic E-state index is 0.0405. The number of nitrogens with zero attached hydrogens (tertiary/aromatic N) is 4. The SMILES string of the molecule is COC(=O)c1cccn1C1CCN(C(=O)/C=C\c2c(C)nn(CC(C)C)c2Cl)CC1. The number of amides is 1. The van der Waals surface area contributed by atoms with E-state index in [1.807, 2.05) is 28.7 Å². The van der Waals surface area contributed by atoms with Gasteiger partial charge in [-0.15, -0.1) is 0 Å². The Balaban J connectivity index is 1.62. The number of methoxy groups -OCH3 is 1. The third kappa shape index (κ3) is 4.78. The van der Waals surface area contributed by atoms with E-state index in [4.69, 9.17) is 16.3 Å². The molecule has 2 aromatic rings. The molecule has 7 nitrogen and oxygen atoms in total. The van der Waals surface area contributed by atoms with Crippen LogP contribution in [0, 0.1) is 12.8 Å². The predicted molar refractivity (Wildman–Crippen MR) is 116 cm³/mol. The predicted octanol–water partition coefficient (Wildman–Crippen LogP) is 3.97. The van der Waals surface area contributed by atoms with Gasteiger partial charge in [-0.2, -0.15) is 5.10 Å². The lowest BCUT2D eigenvalue weighted by atomic mass is 10.0. The van der Waals surface area contributed by atoms with Crippen molar-refractivity contribution in [3.63, 3.8) is 0 Å². The summed E-state index contributed by atoms with van der Waals surface area (Å²) in [5.41, 5.74) is 2.15. The normalized spacial score (nSPS) is 15.3. The van der Waals surface area contributed by atoms with Crippen molar-refractivity contribution < 1.29 is 14.3 Å². The molecule has 0 unspecified atom stereocenters. The molecule has 162 valence electrons. The summed E-state index contributed by atoms with van der Waals surface area (Å²) in [4.78, 5) is 26.4. The largest absolute Gasteiger partial charge is 0.464 e. The first kappa shape index (κ1) is 22.2. The maximum absolute atomic E-state index is 12.7. The van der Waals surface area contributed by atoms with Gasteiger partial charge in [0.25, 0.3) is 0 Å². The molecule has 0 saturated carbocycles. The molecule has 1 aliphatic rings. The Labute approximate surface area is 182 Å². The van der Waals surface area contributed by atoms with Gasteiger partial charge < -0.3 is 14.2 Å². The Bertz CT molecular complexity index is 936. The highest BCUT2D eigenvalue weighted by atomic mass is 35.5. The zero-order valence-electron chi connectivity index (χ0n) is 18.0. The summed E-state index contributed by atoms with van der Waals surface area (Å²) in [6.45, 7) is 8.11. The van der Waals surface area contributed by atoms with Gasteiger partial charge in [-0.25, -0.2) is 4.79 Å². The maximum Gasteiger partial charge on any atom is 0.354 e. The van der Waals surface area contributed by atoms with Crippen molar-refractivity contribution in [2.24, 2.45) is 5.92 Å². The molecule has 3 rings (SSSR count). The van der Waals surface area contributed by atoms with Crippen molar-refractivity contribution in [3.8, 4) is 0 Å². The number of carbonyl (C=O) groups excluding carboxylic acids is 2. The molecule has 0 N–H and O–H groups in total. The van der Waals surface area contributed by atoms with Crippen molar-refractivity contribution >= 4 is 29.6 Å². The maximum atomic E-state index is 12.7. The first-order chi connectivity index (χ1) is 14.3. The van der Waals surface area contributed by atoms with Crippen LogP contribution >= 0.6 is 11.6 Å². The molecule has 0 radical (unpaired) electrons. The second kappa shape index (κ2) is 9.51. The van der Waals surface area contributed by atoms with Gasteiger partial charge in [-0.05, 0) is 43.9 Å². The molecule has 0 aliphatic carbocycles. The highest BCUT2D eigenvalue weighted by Crippen LogP contribution is 2.26. The summed E-state index contributed by atoms with van der Waals surface area (Å²) < 4.78 is 8.59. The Kier molecular flexibility index (Phi) is 7.02. The smallest absolute Gasteiger partial charge is 0.354 e. The third-order valence-electron chi connectivity index (χ3n) is 5.38. The molecule has 1 fully saturated rings. The standard InChI is InChI=1S/C22H29ClN4O3/c1-15(2)14-27-21(23)18(16(3)24-27)7-8-20(28)25-12-9-17(10-13-25)26-11-5-6-19(26)22(29)30-4/h5-8,11,15,17H,9-10,12-14H2,1-4H3/b8-7-. The minimum atomic E-state index is -0.341. The number of rotatable bonds is 6. The fourth-order valence-electron chi connectivity index (χ4n) is 3.84. The number of likely N-dealkylation sites (tertiary alicyclic amines) is 1. The quantitative estimate of drug-likeness (QED) is 0.511.